The highest BCUT2D eigenvalue weighted by molar-refractivity contribution is 5.90. The van der Waals surface area contributed by atoms with E-state index < -0.39 is 12.7 Å². The molecule has 0 radical (unpaired) electrons. The summed E-state index contributed by atoms with van der Waals surface area (Å²) in [5.74, 6) is -0.315. The Kier molecular flexibility index (Phi) is 6.64. The molecule has 0 bridgehead atoms. The zero-order valence-electron chi connectivity index (χ0n) is 11.9. The average molecular weight is 303 g/mol. The number of amides is 1. The van der Waals surface area contributed by atoms with E-state index in [0.717, 1.165) is 5.56 Å². The lowest BCUT2D eigenvalue weighted by Crippen LogP contribution is -2.36. The summed E-state index contributed by atoms with van der Waals surface area (Å²) in [6.45, 7) is 1.31. The van der Waals surface area contributed by atoms with Crippen LogP contribution in [0.3, 0.4) is 0 Å². The summed E-state index contributed by atoms with van der Waals surface area (Å²) in [6, 6.07) is 7.05. The lowest BCUT2D eigenvalue weighted by Gasteiger charge is -2.21. The van der Waals surface area contributed by atoms with E-state index in [1.807, 2.05) is 6.07 Å². The predicted molar refractivity (Wildman–Crippen MR) is 75.7 cm³/mol. The summed E-state index contributed by atoms with van der Waals surface area (Å²) in [5.41, 5.74) is 6.97. The van der Waals surface area contributed by atoms with Gasteiger partial charge in [0.2, 0.25) is 5.91 Å². The standard InChI is InChI=1S/C14H20F3N3O/c1-2-20(10-14(15,16)17)7-6-13(21)19-12-5-3-4-11(8-12)9-18/h3-5,8H,2,6-7,9-10,18H2,1H3,(H,19,21). The first-order valence-electron chi connectivity index (χ1n) is 6.72. The van der Waals surface area contributed by atoms with Gasteiger partial charge in [-0.25, -0.2) is 0 Å². The topological polar surface area (TPSA) is 58.4 Å². The first kappa shape index (κ1) is 17.5. The van der Waals surface area contributed by atoms with Crippen molar-refractivity contribution < 1.29 is 18.0 Å². The maximum absolute atomic E-state index is 12.3. The Hall–Kier alpha value is -1.60. The van der Waals surface area contributed by atoms with Gasteiger partial charge in [-0.1, -0.05) is 19.1 Å². The molecule has 118 valence electrons. The number of nitrogens with zero attached hydrogens (tertiary/aromatic N) is 1. The van der Waals surface area contributed by atoms with E-state index in [9.17, 15) is 18.0 Å². The van der Waals surface area contributed by atoms with Crippen LogP contribution in [0.2, 0.25) is 0 Å². The maximum atomic E-state index is 12.3. The van der Waals surface area contributed by atoms with Crippen LogP contribution in [0.4, 0.5) is 18.9 Å². The fraction of sp³-hybridized carbons (Fsp3) is 0.500. The Labute approximate surface area is 122 Å². The molecule has 0 spiro atoms. The Morgan fingerprint density at radius 2 is 2.10 bits per heavy atom. The lowest BCUT2D eigenvalue weighted by molar-refractivity contribution is -0.146. The number of hydrogen-bond donors (Lipinski definition) is 2. The quantitative estimate of drug-likeness (QED) is 0.813. The third-order valence-corrected chi connectivity index (χ3v) is 2.95. The highest BCUT2D eigenvalue weighted by atomic mass is 19.4. The first-order chi connectivity index (χ1) is 9.84. The molecule has 0 aliphatic carbocycles. The van der Waals surface area contributed by atoms with Crippen molar-refractivity contribution in [3.05, 3.63) is 29.8 Å². The van der Waals surface area contributed by atoms with E-state index in [-0.39, 0.29) is 25.4 Å². The molecule has 1 amide bonds. The summed E-state index contributed by atoms with van der Waals surface area (Å²) in [4.78, 5) is 12.9. The monoisotopic (exact) mass is 303 g/mol. The molecule has 0 unspecified atom stereocenters. The van der Waals surface area contributed by atoms with Crippen molar-refractivity contribution in [2.45, 2.75) is 26.1 Å². The molecule has 1 aromatic rings. The number of rotatable bonds is 7. The van der Waals surface area contributed by atoms with E-state index in [0.29, 0.717) is 12.2 Å². The van der Waals surface area contributed by atoms with E-state index in [1.54, 1.807) is 25.1 Å². The summed E-state index contributed by atoms with van der Waals surface area (Å²) >= 11 is 0. The number of hydrogen-bond acceptors (Lipinski definition) is 3. The molecule has 0 aliphatic rings. The van der Waals surface area contributed by atoms with Crippen LogP contribution in [0.25, 0.3) is 0 Å². The summed E-state index contributed by atoms with van der Waals surface area (Å²) in [6.07, 6.45) is -4.24. The number of halogens is 3. The minimum absolute atomic E-state index is 0.0107. The highest BCUT2D eigenvalue weighted by Gasteiger charge is 2.30. The van der Waals surface area contributed by atoms with Crippen LogP contribution in [0.1, 0.15) is 18.9 Å². The predicted octanol–water partition coefficient (Wildman–Crippen LogP) is 2.36. The molecule has 0 fully saturated rings. The van der Waals surface area contributed by atoms with Gasteiger partial charge >= 0.3 is 6.18 Å². The van der Waals surface area contributed by atoms with Crippen LogP contribution in [-0.2, 0) is 11.3 Å². The van der Waals surface area contributed by atoms with Crippen LogP contribution in [0.5, 0.6) is 0 Å². The van der Waals surface area contributed by atoms with Gasteiger partial charge in [0.15, 0.2) is 0 Å². The van der Waals surface area contributed by atoms with Gasteiger partial charge in [0.05, 0.1) is 6.54 Å². The minimum atomic E-state index is -4.25. The Balaban J connectivity index is 2.45. The van der Waals surface area contributed by atoms with Crippen molar-refractivity contribution in [2.24, 2.45) is 5.73 Å². The molecule has 0 atom stereocenters. The summed E-state index contributed by atoms with van der Waals surface area (Å²) < 4.78 is 36.9. The second kappa shape index (κ2) is 7.99. The highest BCUT2D eigenvalue weighted by Crippen LogP contribution is 2.16. The Bertz CT molecular complexity index is 463. The molecule has 0 heterocycles. The molecule has 0 saturated carbocycles. The maximum Gasteiger partial charge on any atom is 0.401 e. The molecule has 1 rings (SSSR count). The Morgan fingerprint density at radius 1 is 1.38 bits per heavy atom. The fourth-order valence-electron chi connectivity index (χ4n) is 1.86. The van der Waals surface area contributed by atoms with E-state index in [2.05, 4.69) is 5.32 Å². The van der Waals surface area contributed by atoms with Gasteiger partial charge in [-0.3, -0.25) is 9.69 Å². The molecule has 4 nitrogen and oxygen atoms in total. The van der Waals surface area contributed by atoms with Crippen LogP contribution in [0, 0.1) is 0 Å². The first-order valence-corrected chi connectivity index (χ1v) is 6.72. The number of carbonyl (C=O) groups is 1. The molecule has 0 aliphatic heterocycles. The van der Waals surface area contributed by atoms with Gasteiger partial charge in [0, 0.05) is 25.2 Å². The number of nitrogens with one attached hydrogen (secondary N) is 1. The molecule has 3 N–H and O–H groups in total. The lowest BCUT2D eigenvalue weighted by atomic mass is 10.2. The third-order valence-electron chi connectivity index (χ3n) is 2.95. The molecule has 7 heteroatoms. The smallest absolute Gasteiger partial charge is 0.326 e. The minimum Gasteiger partial charge on any atom is -0.326 e. The second-order valence-electron chi connectivity index (χ2n) is 4.69. The average Bonchev–Trinajstić information content (AvgIpc) is 2.42. The van der Waals surface area contributed by atoms with Crippen molar-refractivity contribution in [1.82, 2.24) is 4.90 Å². The van der Waals surface area contributed by atoms with Crippen molar-refractivity contribution in [3.63, 3.8) is 0 Å². The molecular formula is C14H20F3N3O. The van der Waals surface area contributed by atoms with Crippen LogP contribution < -0.4 is 11.1 Å². The summed E-state index contributed by atoms with van der Waals surface area (Å²) in [5, 5.41) is 2.66. The van der Waals surface area contributed by atoms with Crippen LogP contribution in [0.15, 0.2) is 24.3 Å². The van der Waals surface area contributed by atoms with E-state index in [1.165, 1.54) is 4.90 Å². The number of anilines is 1. The second-order valence-corrected chi connectivity index (χ2v) is 4.69. The van der Waals surface area contributed by atoms with Crippen LogP contribution in [-0.4, -0.2) is 36.6 Å². The van der Waals surface area contributed by atoms with Gasteiger partial charge in [-0.15, -0.1) is 0 Å². The number of carbonyl (C=O) groups excluding carboxylic acids is 1. The van der Waals surface area contributed by atoms with Crippen molar-refractivity contribution in [1.29, 1.82) is 0 Å². The fourth-order valence-corrected chi connectivity index (χ4v) is 1.86. The van der Waals surface area contributed by atoms with Gasteiger partial charge in [0.1, 0.15) is 0 Å². The van der Waals surface area contributed by atoms with Crippen molar-refractivity contribution in [3.8, 4) is 0 Å². The van der Waals surface area contributed by atoms with Gasteiger partial charge < -0.3 is 11.1 Å². The van der Waals surface area contributed by atoms with Gasteiger partial charge in [0.25, 0.3) is 0 Å². The largest absolute Gasteiger partial charge is 0.401 e. The normalized spacial score (nSPS) is 11.7. The van der Waals surface area contributed by atoms with E-state index in [4.69, 9.17) is 5.73 Å². The van der Waals surface area contributed by atoms with Gasteiger partial charge in [-0.05, 0) is 24.2 Å². The van der Waals surface area contributed by atoms with Crippen molar-refractivity contribution >= 4 is 11.6 Å². The van der Waals surface area contributed by atoms with Crippen LogP contribution >= 0.6 is 0 Å². The SMILES string of the molecule is CCN(CCC(=O)Nc1cccc(CN)c1)CC(F)(F)F. The number of alkyl halides is 3. The molecule has 21 heavy (non-hydrogen) atoms. The number of benzene rings is 1. The number of nitrogens with two attached hydrogens (primary N) is 1. The molecule has 0 aromatic heterocycles. The Morgan fingerprint density at radius 3 is 2.67 bits per heavy atom. The van der Waals surface area contributed by atoms with E-state index >= 15 is 0 Å². The molecular weight excluding hydrogens is 283 g/mol. The molecule has 1 aromatic carbocycles. The molecule has 0 saturated heterocycles. The van der Waals surface area contributed by atoms with Crippen molar-refractivity contribution in [2.75, 3.05) is 25.0 Å². The third kappa shape index (κ3) is 7.10. The zero-order chi connectivity index (χ0) is 15.9. The zero-order valence-corrected chi connectivity index (χ0v) is 11.9. The summed E-state index contributed by atoms with van der Waals surface area (Å²) in [7, 11) is 0. The van der Waals surface area contributed by atoms with Gasteiger partial charge in [-0.2, -0.15) is 13.2 Å².